The van der Waals surface area contributed by atoms with Gasteiger partial charge in [0, 0.05) is 43.3 Å². The van der Waals surface area contributed by atoms with Crippen molar-refractivity contribution in [3.05, 3.63) is 125 Å². The average molecular weight is 634 g/mol. The summed E-state index contributed by atoms with van der Waals surface area (Å²) >= 11 is 0. The number of aromatic nitrogens is 7. The van der Waals surface area contributed by atoms with Crippen LogP contribution in [0.25, 0.3) is 38.5 Å². The molecular formula is C39H39N9. The van der Waals surface area contributed by atoms with Crippen LogP contribution in [0.15, 0.2) is 97.2 Å². The molecule has 2 atom stereocenters. The van der Waals surface area contributed by atoms with E-state index < -0.39 is 0 Å². The number of allylic oxidation sites excluding steroid dienone is 1. The van der Waals surface area contributed by atoms with Crippen LogP contribution >= 0.6 is 0 Å². The van der Waals surface area contributed by atoms with Crippen molar-refractivity contribution in [3.8, 4) is 0 Å². The normalized spacial score (nSPS) is 19.6. The lowest BCUT2D eigenvalue weighted by Gasteiger charge is -2.18. The van der Waals surface area contributed by atoms with E-state index in [4.69, 9.17) is 0 Å². The third-order valence-electron chi connectivity index (χ3n) is 10.6. The van der Waals surface area contributed by atoms with Crippen molar-refractivity contribution in [3.63, 3.8) is 0 Å². The van der Waals surface area contributed by atoms with Gasteiger partial charge in [-0.3, -0.25) is 9.80 Å². The van der Waals surface area contributed by atoms with Crippen LogP contribution in [0.3, 0.4) is 0 Å². The second-order valence-electron chi connectivity index (χ2n) is 13.5. The molecule has 0 bridgehead atoms. The van der Waals surface area contributed by atoms with Crippen LogP contribution in [-0.4, -0.2) is 78.3 Å². The van der Waals surface area contributed by atoms with E-state index in [0.717, 1.165) is 61.2 Å². The van der Waals surface area contributed by atoms with Gasteiger partial charge in [0.05, 0.1) is 0 Å². The minimum absolute atomic E-state index is 0.580. The van der Waals surface area contributed by atoms with Gasteiger partial charge in [0.2, 0.25) is 0 Å². The molecule has 2 unspecified atom stereocenters. The first-order chi connectivity index (χ1) is 23.7. The number of aromatic amines is 3. The fourth-order valence-corrected chi connectivity index (χ4v) is 7.97. The molecule has 9 nitrogen and oxygen atoms in total. The summed E-state index contributed by atoms with van der Waals surface area (Å²) in [6.07, 6.45) is 8.06. The van der Waals surface area contributed by atoms with Gasteiger partial charge in [0.15, 0.2) is 0 Å². The SMILES string of the molecule is C1=C(CN2CCC(c3ccc4n[nH]nc4c3)C2)c2ccccc2C1.c1ccc2c(CN3CCC(c4ccc5n[nH]nc5c4)C3)c[nH]c2c1. The summed E-state index contributed by atoms with van der Waals surface area (Å²) in [5.41, 5.74) is 13.6. The van der Waals surface area contributed by atoms with E-state index in [-0.39, 0.29) is 0 Å². The van der Waals surface area contributed by atoms with Crippen LogP contribution < -0.4 is 0 Å². The van der Waals surface area contributed by atoms with Crippen molar-refractivity contribution in [2.45, 2.75) is 37.6 Å². The molecule has 2 aliphatic heterocycles. The highest BCUT2D eigenvalue weighted by molar-refractivity contribution is 5.83. The van der Waals surface area contributed by atoms with Crippen LogP contribution in [0, 0.1) is 0 Å². The quantitative estimate of drug-likeness (QED) is 0.186. The predicted octanol–water partition coefficient (Wildman–Crippen LogP) is 6.82. The summed E-state index contributed by atoms with van der Waals surface area (Å²) < 4.78 is 0. The highest BCUT2D eigenvalue weighted by atomic mass is 15.3. The highest BCUT2D eigenvalue weighted by Gasteiger charge is 2.27. The molecule has 4 aromatic carbocycles. The Labute approximate surface area is 279 Å². The monoisotopic (exact) mass is 633 g/mol. The van der Waals surface area contributed by atoms with Crippen LogP contribution in [-0.2, 0) is 13.0 Å². The van der Waals surface area contributed by atoms with E-state index in [9.17, 15) is 0 Å². The molecule has 0 saturated carbocycles. The molecule has 0 amide bonds. The molecular weight excluding hydrogens is 594 g/mol. The minimum atomic E-state index is 0.580. The predicted molar refractivity (Wildman–Crippen MR) is 191 cm³/mol. The van der Waals surface area contributed by atoms with Crippen molar-refractivity contribution in [2.24, 2.45) is 0 Å². The van der Waals surface area contributed by atoms with E-state index in [2.05, 4.69) is 143 Å². The second-order valence-corrected chi connectivity index (χ2v) is 13.5. The highest BCUT2D eigenvalue weighted by Crippen LogP contribution is 2.33. The van der Waals surface area contributed by atoms with Crippen LogP contribution in [0.2, 0.25) is 0 Å². The Bertz CT molecular complexity index is 2240. The zero-order valence-corrected chi connectivity index (χ0v) is 26.9. The van der Waals surface area contributed by atoms with Gasteiger partial charge in [-0.1, -0.05) is 60.7 Å². The summed E-state index contributed by atoms with van der Waals surface area (Å²) in [5.74, 6) is 1.18. The molecule has 3 aromatic heterocycles. The van der Waals surface area contributed by atoms with Crippen LogP contribution in [0.1, 0.15) is 52.5 Å². The topological polar surface area (TPSA) is 105 Å². The smallest absolute Gasteiger partial charge is 0.113 e. The van der Waals surface area contributed by atoms with Gasteiger partial charge in [0.1, 0.15) is 22.1 Å². The maximum absolute atomic E-state index is 4.22. The maximum Gasteiger partial charge on any atom is 0.113 e. The van der Waals surface area contributed by atoms with E-state index in [0.29, 0.717) is 11.8 Å². The summed E-state index contributed by atoms with van der Waals surface area (Å²) in [4.78, 5) is 8.51. The lowest BCUT2D eigenvalue weighted by atomic mass is 9.98. The molecule has 5 heterocycles. The van der Waals surface area contributed by atoms with E-state index in [1.54, 1.807) is 0 Å². The molecule has 0 spiro atoms. The molecule has 48 heavy (non-hydrogen) atoms. The first-order valence-electron chi connectivity index (χ1n) is 17.1. The number of nitrogens with zero attached hydrogens (tertiary/aromatic N) is 6. The molecule has 9 heteroatoms. The number of para-hydroxylation sites is 1. The molecule has 3 aliphatic rings. The van der Waals surface area contributed by atoms with Crippen molar-refractivity contribution >= 4 is 38.5 Å². The number of nitrogens with one attached hydrogen (secondary N) is 3. The van der Waals surface area contributed by atoms with E-state index >= 15 is 0 Å². The lowest BCUT2D eigenvalue weighted by Crippen LogP contribution is -2.22. The van der Waals surface area contributed by atoms with Crippen LogP contribution in [0.5, 0.6) is 0 Å². The number of hydrogen-bond donors (Lipinski definition) is 3. The molecule has 0 radical (unpaired) electrons. The summed E-state index contributed by atoms with van der Waals surface area (Å²) in [5, 5.41) is 23.4. The number of hydrogen-bond acceptors (Lipinski definition) is 6. The zero-order valence-electron chi connectivity index (χ0n) is 26.9. The lowest BCUT2D eigenvalue weighted by molar-refractivity contribution is 0.328. The number of H-pyrrole nitrogens is 3. The largest absolute Gasteiger partial charge is 0.361 e. The van der Waals surface area contributed by atoms with E-state index in [1.807, 2.05) is 0 Å². The summed E-state index contributed by atoms with van der Waals surface area (Å²) in [7, 11) is 0. The molecule has 1 aliphatic carbocycles. The molecule has 2 saturated heterocycles. The zero-order chi connectivity index (χ0) is 31.9. The van der Waals surface area contributed by atoms with Gasteiger partial charge in [-0.15, -0.1) is 0 Å². The molecule has 3 N–H and O–H groups in total. The molecule has 10 rings (SSSR count). The maximum atomic E-state index is 4.22. The number of likely N-dealkylation sites (tertiary alicyclic amines) is 2. The number of fused-ring (bicyclic) bond motifs is 4. The first-order valence-corrected chi connectivity index (χ1v) is 17.1. The molecule has 240 valence electrons. The summed E-state index contributed by atoms with van der Waals surface area (Å²) in [6, 6.07) is 30.3. The second kappa shape index (κ2) is 12.5. The fourth-order valence-electron chi connectivity index (χ4n) is 7.97. The standard InChI is InChI=1S/C20H20N4.C19H19N5/c1-2-4-18-14(3-1)5-6-17(18)13-24-10-9-16(12-24)15-7-8-19-20(11-15)22-23-21-19;1-2-4-17-16(3-1)15(10-20-17)12-24-8-7-14(11-24)13-5-6-18-19(9-13)22-23-21-18/h1-4,6-8,11,16H,5,9-10,12-13H2,(H,21,22,23);1-6,9-10,14,20H,7-8,11-12H2,(H,21,22,23). The van der Waals surface area contributed by atoms with Crippen molar-refractivity contribution in [1.82, 2.24) is 45.6 Å². The van der Waals surface area contributed by atoms with Crippen molar-refractivity contribution in [1.29, 1.82) is 0 Å². The summed E-state index contributed by atoms with van der Waals surface area (Å²) in [6.45, 7) is 6.61. The number of rotatable bonds is 6. The third kappa shape index (κ3) is 5.69. The van der Waals surface area contributed by atoms with Crippen molar-refractivity contribution in [2.75, 3.05) is 32.7 Å². The van der Waals surface area contributed by atoms with Crippen LogP contribution in [0.4, 0.5) is 0 Å². The molecule has 2 fully saturated rings. The van der Waals surface area contributed by atoms with Gasteiger partial charge in [-0.05, 0) is 108 Å². The Hall–Kier alpha value is -5.12. The Balaban J connectivity index is 0.000000131. The number of benzene rings is 4. The van der Waals surface area contributed by atoms with Gasteiger partial charge < -0.3 is 4.98 Å². The van der Waals surface area contributed by atoms with Crippen molar-refractivity contribution < 1.29 is 0 Å². The fraction of sp³-hybridized carbons (Fsp3) is 0.282. The third-order valence-corrected chi connectivity index (χ3v) is 10.6. The Morgan fingerprint density at radius 3 is 2.00 bits per heavy atom. The Morgan fingerprint density at radius 2 is 1.27 bits per heavy atom. The molecule has 7 aromatic rings. The van der Waals surface area contributed by atoms with Gasteiger partial charge in [-0.2, -0.15) is 30.8 Å². The van der Waals surface area contributed by atoms with Gasteiger partial charge in [0.25, 0.3) is 0 Å². The van der Waals surface area contributed by atoms with E-state index in [1.165, 1.54) is 63.7 Å². The van der Waals surface area contributed by atoms with Gasteiger partial charge in [-0.25, -0.2) is 0 Å². The first kappa shape index (κ1) is 29.1. The Kier molecular flexibility index (Phi) is 7.55. The average Bonchev–Trinajstić information content (AvgIpc) is 3.98. The Morgan fingerprint density at radius 1 is 0.646 bits per heavy atom. The minimum Gasteiger partial charge on any atom is -0.361 e. The van der Waals surface area contributed by atoms with Gasteiger partial charge >= 0.3 is 0 Å².